The Morgan fingerprint density at radius 2 is 1.44 bits per heavy atom. The van der Waals surface area contributed by atoms with Crippen molar-refractivity contribution < 1.29 is 0 Å². The van der Waals surface area contributed by atoms with Gasteiger partial charge in [0.1, 0.15) is 0 Å². The monoisotopic (exact) mass is 251 g/mol. The molecule has 106 valence electrons. The van der Waals surface area contributed by atoms with E-state index in [1.807, 2.05) is 0 Å². The van der Waals surface area contributed by atoms with E-state index in [9.17, 15) is 0 Å². The molecule has 0 spiro atoms. The summed E-state index contributed by atoms with van der Waals surface area (Å²) in [6, 6.07) is 0.930. The Kier molecular flexibility index (Phi) is 6.01. The van der Waals surface area contributed by atoms with Crippen molar-refractivity contribution in [3.8, 4) is 0 Å². The van der Waals surface area contributed by atoms with E-state index in [1.54, 1.807) is 6.42 Å². The van der Waals surface area contributed by atoms with E-state index in [0.717, 1.165) is 17.9 Å². The molecule has 3 unspecified atom stereocenters. The third kappa shape index (κ3) is 4.26. The molecule has 0 bridgehead atoms. The largest absolute Gasteiger partial charge is 0.300 e. The number of rotatable bonds is 10. The maximum Gasteiger partial charge on any atom is 0.00954 e. The van der Waals surface area contributed by atoms with Gasteiger partial charge in [0.2, 0.25) is 0 Å². The van der Waals surface area contributed by atoms with E-state index >= 15 is 0 Å². The van der Waals surface area contributed by atoms with E-state index in [4.69, 9.17) is 0 Å². The molecule has 0 aromatic heterocycles. The van der Waals surface area contributed by atoms with Gasteiger partial charge in [0.15, 0.2) is 0 Å². The first-order chi connectivity index (χ1) is 8.85. The van der Waals surface area contributed by atoms with Crippen molar-refractivity contribution in [3.63, 3.8) is 0 Å². The highest BCUT2D eigenvalue weighted by Gasteiger charge is 2.46. The Bertz CT molecular complexity index is 216. The second-order valence-electron chi connectivity index (χ2n) is 6.71. The average molecular weight is 251 g/mol. The second-order valence-corrected chi connectivity index (χ2v) is 6.71. The van der Waals surface area contributed by atoms with Crippen LogP contribution in [0.5, 0.6) is 0 Å². The molecule has 1 heterocycles. The molecule has 0 aromatic carbocycles. The van der Waals surface area contributed by atoms with Gasteiger partial charge in [0, 0.05) is 19.1 Å². The molecular weight excluding hydrogens is 218 g/mol. The van der Waals surface area contributed by atoms with Crippen LogP contribution in [-0.2, 0) is 0 Å². The third-order valence-electron chi connectivity index (χ3n) is 5.06. The summed E-state index contributed by atoms with van der Waals surface area (Å²) in [6.07, 6.45) is 14.5. The Morgan fingerprint density at radius 1 is 0.833 bits per heavy atom. The van der Waals surface area contributed by atoms with Crippen molar-refractivity contribution in [2.45, 2.75) is 84.1 Å². The predicted octanol–water partition coefficient (Wildman–Crippen LogP) is 4.86. The van der Waals surface area contributed by atoms with Crippen LogP contribution in [0.15, 0.2) is 0 Å². The van der Waals surface area contributed by atoms with Crippen molar-refractivity contribution in [3.05, 3.63) is 0 Å². The summed E-state index contributed by atoms with van der Waals surface area (Å²) in [5.74, 6) is 2.21. The van der Waals surface area contributed by atoms with Gasteiger partial charge in [-0.15, -0.1) is 0 Å². The summed E-state index contributed by atoms with van der Waals surface area (Å²) in [6.45, 7) is 7.52. The summed E-state index contributed by atoms with van der Waals surface area (Å²) < 4.78 is 0. The van der Waals surface area contributed by atoms with E-state index in [1.165, 1.54) is 70.9 Å². The smallest absolute Gasteiger partial charge is 0.00954 e. The maximum absolute atomic E-state index is 2.84. The van der Waals surface area contributed by atoms with Crippen LogP contribution in [-0.4, -0.2) is 24.0 Å². The molecule has 18 heavy (non-hydrogen) atoms. The molecule has 1 aliphatic carbocycles. The van der Waals surface area contributed by atoms with Crippen LogP contribution >= 0.6 is 0 Å². The molecule has 2 rings (SSSR count). The zero-order valence-corrected chi connectivity index (χ0v) is 12.7. The molecule has 1 nitrogen and oxygen atoms in total. The van der Waals surface area contributed by atoms with Crippen molar-refractivity contribution in [1.82, 2.24) is 4.90 Å². The molecule has 0 amide bonds. The SMILES string of the molecule is CCCCCCCC(CCCC)N1CC2CC2C1. The quantitative estimate of drug-likeness (QED) is 0.501. The maximum atomic E-state index is 2.84. The Balaban J connectivity index is 1.64. The fourth-order valence-electron chi connectivity index (χ4n) is 3.67. The van der Waals surface area contributed by atoms with Gasteiger partial charge in [-0.3, -0.25) is 4.90 Å². The number of hydrogen-bond donors (Lipinski definition) is 0. The third-order valence-corrected chi connectivity index (χ3v) is 5.06. The lowest BCUT2D eigenvalue weighted by atomic mass is 10.0. The molecule has 1 saturated carbocycles. The summed E-state index contributed by atoms with van der Waals surface area (Å²) in [7, 11) is 0. The Morgan fingerprint density at radius 3 is 2.11 bits per heavy atom. The molecule has 1 saturated heterocycles. The molecule has 2 aliphatic rings. The fourth-order valence-corrected chi connectivity index (χ4v) is 3.67. The topological polar surface area (TPSA) is 3.24 Å². The van der Waals surface area contributed by atoms with Crippen LogP contribution in [0, 0.1) is 11.8 Å². The van der Waals surface area contributed by atoms with Crippen molar-refractivity contribution in [2.24, 2.45) is 11.8 Å². The van der Waals surface area contributed by atoms with E-state index in [2.05, 4.69) is 18.7 Å². The van der Waals surface area contributed by atoms with Gasteiger partial charge >= 0.3 is 0 Å². The minimum atomic E-state index is 0.930. The number of piperidine rings is 1. The van der Waals surface area contributed by atoms with Gasteiger partial charge in [0.05, 0.1) is 0 Å². The summed E-state index contributed by atoms with van der Waals surface area (Å²) in [5.41, 5.74) is 0. The van der Waals surface area contributed by atoms with Gasteiger partial charge in [-0.2, -0.15) is 0 Å². The molecule has 0 radical (unpaired) electrons. The summed E-state index contributed by atoms with van der Waals surface area (Å²) >= 11 is 0. The lowest BCUT2D eigenvalue weighted by Crippen LogP contribution is -2.34. The first-order valence-corrected chi connectivity index (χ1v) is 8.59. The standard InChI is InChI=1S/C17H33N/c1-3-5-7-8-9-11-17(10-6-4-2)18-13-15-12-16(15)14-18/h15-17H,3-14H2,1-2H3. The fraction of sp³-hybridized carbons (Fsp3) is 1.00. The lowest BCUT2D eigenvalue weighted by Gasteiger charge is -2.29. The first-order valence-electron chi connectivity index (χ1n) is 8.59. The van der Waals surface area contributed by atoms with Gasteiger partial charge < -0.3 is 0 Å². The molecule has 2 fully saturated rings. The van der Waals surface area contributed by atoms with Gasteiger partial charge in [-0.1, -0.05) is 58.8 Å². The van der Waals surface area contributed by atoms with E-state index in [-0.39, 0.29) is 0 Å². The highest BCUT2D eigenvalue weighted by molar-refractivity contribution is 4.98. The molecule has 3 atom stereocenters. The van der Waals surface area contributed by atoms with Crippen molar-refractivity contribution >= 4 is 0 Å². The van der Waals surface area contributed by atoms with Crippen LogP contribution in [0.1, 0.15) is 78.1 Å². The molecule has 0 aromatic rings. The van der Waals surface area contributed by atoms with E-state index in [0.29, 0.717) is 0 Å². The number of nitrogens with zero attached hydrogens (tertiary/aromatic N) is 1. The average Bonchev–Trinajstić information content (AvgIpc) is 2.99. The first kappa shape index (κ1) is 14.4. The molecule has 1 heteroatoms. The predicted molar refractivity (Wildman–Crippen MR) is 79.9 cm³/mol. The van der Waals surface area contributed by atoms with Gasteiger partial charge in [-0.25, -0.2) is 0 Å². The van der Waals surface area contributed by atoms with Crippen molar-refractivity contribution in [2.75, 3.05) is 13.1 Å². The number of hydrogen-bond acceptors (Lipinski definition) is 1. The van der Waals surface area contributed by atoms with Crippen LogP contribution < -0.4 is 0 Å². The Hall–Kier alpha value is -0.0400. The number of fused-ring (bicyclic) bond motifs is 1. The normalized spacial score (nSPS) is 28.3. The van der Waals surface area contributed by atoms with Crippen LogP contribution in [0.25, 0.3) is 0 Å². The second kappa shape index (κ2) is 7.53. The van der Waals surface area contributed by atoms with Gasteiger partial charge in [0.25, 0.3) is 0 Å². The molecular formula is C17H33N. The lowest BCUT2D eigenvalue weighted by molar-refractivity contribution is 0.191. The van der Waals surface area contributed by atoms with Gasteiger partial charge in [-0.05, 0) is 31.1 Å². The minimum absolute atomic E-state index is 0.930. The molecule has 0 N–H and O–H groups in total. The number of likely N-dealkylation sites (tertiary alicyclic amines) is 1. The van der Waals surface area contributed by atoms with Crippen LogP contribution in [0.3, 0.4) is 0 Å². The highest BCUT2D eigenvalue weighted by Crippen LogP contribution is 2.46. The van der Waals surface area contributed by atoms with Crippen LogP contribution in [0.4, 0.5) is 0 Å². The van der Waals surface area contributed by atoms with Crippen molar-refractivity contribution in [1.29, 1.82) is 0 Å². The van der Waals surface area contributed by atoms with E-state index < -0.39 is 0 Å². The Labute approximate surface area is 114 Å². The molecule has 1 aliphatic heterocycles. The zero-order chi connectivity index (χ0) is 12.8. The minimum Gasteiger partial charge on any atom is -0.300 e. The number of unbranched alkanes of at least 4 members (excludes halogenated alkanes) is 5. The van der Waals surface area contributed by atoms with Crippen LogP contribution in [0.2, 0.25) is 0 Å². The zero-order valence-electron chi connectivity index (χ0n) is 12.7. The summed E-state index contributed by atoms with van der Waals surface area (Å²) in [5, 5.41) is 0. The summed E-state index contributed by atoms with van der Waals surface area (Å²) in [4.78, 5) is 2.84. The highest BCUT2D eigenvalue weighted by atomic mass is 15.2.